The molecule has 0 radical (unpaired) electrons. The third-order valence-electron chi connectivity index (χ3n) is 1.49. The fourth-order valence-corrected chi connectivity index (χ4v) is 0.859. The van der Waals surface area contributed by atoms with Gasteiger partial charge in [0.15, 0.2) is 0 Å². The molecule has 1 aliphatic heterocycles. The molecule has 8 heteroatoms. The average molecular weight is 211 g/mol. The van der Waals surface area contributed by atoms with Crippen molar-refractivity contribution in [1.29, 1.82) is 0 Å². The minimum Gasteiger partial charge on any atom is -0.414 e. The van der Waals surface area contributed by atoms with Crippen molar-refractivity contribution in [2.24, 2.45) is 0 Å². The summed E-state index contributed by atoms with van der Waals surface area (Å²) in [7, 11) is 0. The lowest BCUT2D eigenvalue weighted by Crippen LogP contribution is -2.50. The second-order valence-electron chi connectivity index (χ2n) is 2.55. The summed E-state index contributed by atoms with van der Waals surface area (Å²) < 4.78 is 42.1. The van der Waals surface area contributed by atoms with Crippen LogP contribution in [0.5, 0.6) is 0 Å². The molecule has 0 bridgehead atoms. The topological polar surface area (TPSA) is 72.5 Å². The Morgan fingerprint density at radius 2 is 1.79 bits per heavy atom. The number of alkyl halides is 3. The normalized spacial score (nSPS) is 30.0. The van der Waals surface area contributed by atoms with Gasteiger partial charge >= 0.3 is 29.6 Å². The summed E-state index contributed by atoms with van der Waals surface area (Å²) in [5.74, 6) is -14.5. The van der Waals surface area contributed by atoms with E-state index in [1.807, 2.05) is 0 Å². The van der Waals surface area contributed by atoms with E-state index in [0.29, 0.717) is 6.92 Å². The van der Waals surface area contributed by atoms with Gasteiger partial charge < -0.3 is 4.74 Å². The highest BCUT2D eigenvalue weighted by atomic mass is 19.3. The molecule has 1 fully saturated rings. The largest absolute Gasteiger partial charge is 0.414 e. The average Bonchev–Trinajstić information content (AvgIpc) is 2.12. The number of imide groups is 1. The summed E-state index contributed by atoms with van der Waals surface area (Å²) in [6.07, 6.45) is 0. The monoisotopic (exact) mass is 211 g/mol. The predicted octanol–water partition coefficient (Wildman–Crippen LogP) is -0.493. The molecule has 1 aliphatic rings. The van der Waals surface area contributed by atoms with Gasteiger partial charge in [0.05, 0.1) is 0 Å². The molecule has 0 aromatic heterocycles. The Morgan fingerprint density at radius 3 is 2.07 bits per heavy atom. The SMILES string of the molecule is CC(=O)OC1(F)C(=O)NC(=O)C1(F)F. The summed E-state index contributed by atoms with van der Waals surface area (Å²) in [6.45, 7) is 0.632. The van der Waals surface area contributed by atoms with E-state index in [4.69, 9.17) is 0 Å². The number of esters is 1. The number of carbonyl (C=O) groups is 3. The molecule has 78 valence electrons. The van der Waals surface area contributed by atoms with E-state index in [9.17, 15) is 27.6 Å². The third kappa shape index (κ3) is 1.14. The quantitative estimate of drug-likeness (QED) is 0.469. The first kappa shape index (κ1) is 10.5. The van der Waals surface area contributed by atoms with Gasteiger partial charge in [-0.3, -0.25) is 19.7 Å². The van der Waals surface area contributed by atoms with E-state index in [-0.39, 0.29) is 0 Å². The van der Waals surface area contributed by atoms with Gasteiger partial charge in [-0.1, -0.05) is 0 Å². The zero-order valence-corrected chi connectivity index (χ0v) is 6.77. The third-order valence-corrected chi connectivity index (χ3v) is 1.49. The maximum atomic E-state index is 13.2. The van der Waals surface area contributed by atoms with E-state index in [2.05, 4.69) is 4.74 Å². The fraction of sp³-hybridized carbons (Fsp3) is 0.500. The maximum absolute atomic E-state index is 13.2. The molecule has 0 aliphatic carbocycles. The molecular weight excluding hydrogens is 207 g/mol. The van der Waals surface area contributed by atoms with Gasteiger partial charge in [-0.05, 0) is 0 Å². The van der Waals surface area contributed by atoms with Crippen LogP contribution in [-0.2, 0) is 19.1 Å². The van der Waals surface area contributed by atoms with Crippen molar-refractivity contribution in [1.82, 2.24) is 5.32 Å². The van der Waals surface area contributed by atoms with E-state index in [0.717, 1.165) is 5.32 Å². The lowest BCUT2D eigenvalue weighted by atomic mass is 10.2. The molecule has 1 unspecified atom stereocenters. The van der Waals surface area contributed by atoms with Gasteiger partial charge in [-0.25, -0.2) is 0 Å². The van der Waals surface area contributed by atoms with Crippen LogP contribution in [0.4, 0.5) is 13.2 Å². The van der Waals surface area contributed by atoms with Crippen LogP contribution >= 0.6 is 0 Å². The molecule has 1 N–H and O–H groups in total. The number of ether oxygens (including phenoxy) is 1. The van der Waals surface area contributed by atoms with Gasteiger partial charge in [0.1, 0.15) is 0 Å². The van der Waals surface area contributed by atoms with Crippen LogP contribution in [0.15, 0.2) is 0 Å². The Kier molecular flexibility index (Phi) is 2.02. The molecule has 1 heterocycles. The van der Waals surface area contributed by atoms with Crippen LogP contribution in [0.2, 0.25) is 0 Å². The molecule has 5 nitrogen and oxygen atoms in total. The van der Waals surface area contributed by atoms with E-state index in [1.165, 1.54) is 0 Å². The number of hydrogen-bond donors (Lipinski definition) is 1. The zero-order chi connectivity index (χ0) is 11.1. The second-order valence-corrected chi connectivity index (χ2v) is 2.55. The highest BCUT2D eigenvalue weighted by Crippen LogP contribution is 2.38. The highest BCUT2D eigenvalue weighted by molar-refractivity contribution is 6.12. The first-order valence-electron chi connectivity index (χ1n) is 3.34. The minimum absolute atomic E-state index is 0.632. The van der Waals surface area contributed by atoms with E-state index >= 15 is 0 Å². The Balaban J connectivity index is 3.12. The standard InChI is InChI=1S/C6H4F3NO4/c1-2(11)14-6(9)4(13)10-3(12)5(6,7)8/h1H3,(H,10,12,13). The fourth-order valence-electron chi connectivity index (χ4n) is 0.859. The Labute approximate surface area is 75.2 Å². The molecule has 14 heavy (non-hydrogen) atoms. The molecule has 0 aromatic carbocycles. The summed E-state index contributed by atoms with van der Waals surface area (Å²) in [5, 5.41) is 1.02. The summed E-state index contributed by atoms with van der Waals surface area (Å²) >= 11 is 0. The Bertz CT molecular complexity index is 329. The van der Waals surface area contributed by atoms with Gasteiger partial charge in [0.25, 0.3) is 0 Å². The Morgan fingerprint density at radius 1 is 1.29 bits per heavy atom. The minimum atomic E-state index is -4.70. The van der Waals surface area contributed by atoms with Crippen molar-refractivity contribution in [3.05, 3.63) is 0 Å². The zero-order valence-electron chi connectivity index (χ0n) is 6.77. The van der Waals surface area contributed by atoms with Gasteiger partial charge in [0.2, 0.25) is 0 Å². The second kappa shape index (κ2) is 2.69. The summed E-state index contributed by atoms with van der Waals surface area (Å²) in [5.41, 5.74) is 0. The number of nitrogens with one attached hydrogen (secondary N) is 1. The first-order chi connectivity index (χ1) is 6.22. The van der Waals surface area contributed by atoms with Crippen LogP contribution in [-0.4, -0.2) is 29.6 Å². The van der Waals surface area contributed by atoms with Crippen LogP contribution in [0.3, 0.4) is 0 Å². The van der Waals surface area contributed by atoms with Crippen molar-refractivity contribution in [3.63, 3.8) is 0 Å². The molecule has 2 amide bonds. The van der Waals surface area contributed by atoms with Crippen molar-refractivity contribution in [2.45, 2.75) is 18.7 Å². The molecule has 1 atom stereocenters. The van der Waals surface area contributed by atoms with Gasteiger partial charge in [0, 0.05) is 6.92 Å². The van der Waals surface area contributed by atoms with Crippen LogP contribution < -0.4 is 5.32 Å². The van der Waals surface area contributed by atoms with Crippen LogP contribution in [0.1, 0.15) is 6.92 Å². The summed E-state index contributed by atoms with van der Waals surface area (Å²) in [4.78, 5) is 31.2. The molecule has 0 aromatic rings. The van der Waals surface area contributed by atoms with Crippen molar-refractivity contribution < 1.29 is 32.3 Å². The molecule has 0 spiro atoms. The van der Waals surface area contributed by atoms with Crippen molar-refractivity contribution in [2.75, 3.05) is 0 Å². The molecule has 0 saturated carbocycles. The van der Waals surface area contributed by atoms with Gasteiger partial charge in [-0.2, -0.15) is 13.2 Å². The van der Waals surface area contributed by atoms with Gasteiger partial charge in [-0.15, -0.1) is 0 Å². The number of halogens is 3. The van der Waals surface area contributed by atoms with Crippen molar-refractivity contribution in [3.8, 4) is 0 Å². The number of amides is 2. The van der Waals surface area contributed by atoms with Crippen LogP contribution in [0, 0.1) is 0 Å². The lowest BCUT2D eigenvalue weighted by Gasteiger charge is -2.20. The maximum Gasteiger partial charge on any atom is 0.402 e. The van der Waals surface area contributed by atoms with E-state index in [1.54, 1.807) is 0 Å². The molecule has 1 saturated heterocycles. The smallest absolute Gasteiger partial charge is 0.402 e. The number of carbonyl (C=O) groups excluding carboxylic acids is 3. The number of hydrogen-bond acceptors (Lipinski definition) is 4. The predicted molar refractivity (Wildman–Crippen MR) is 33.7 cm³/mol. The molecule has 1 rings (SSSR count). The summed E-state index contributed by atoms with van der Waals surface area (Å²) in [6, 6.07) is 0. The first-order valence-corrected chi connectivity index (χ1v) is 3.34. The Hall–Kier alpha value is -1.60. The highest BCUT2D eigenvalue weighted by Gasteiger charge is 2.74. The van der Waals surface area contributed by atoms with Crippen LogP contribution in [0.25, 0.3) is 0 Å². The van der Waals surface area contributed by atoms with E-state index < -0.39 is 29.6 Å². The molecular formula is C6H4F3NO4. The number of rotatable bonds is 1. The van der Waals surface area contributed by atoms with Crippen molar-refractivity contribution >= 4 is 17.8 Å². The lowest BCUT2D eigenvalue weighted by molar-refractivity contribution is -0.236.